The smallest absolute Gasteiger partial charge is 0.250 e. The van der Waals surface area contributed by atoms with Crippen LogP contribution in [0.4, 0.5) is 0 Å². The molecule has 1 N–H and O–H groups in total. The van der Waals surface area contributed by atoms with Gasteiger partial charge in [0.25, 0.3) is 5.91 Å². The lowest BCUT2D eigenvalue weighted by atomic mass is 10.2. The Morgan fingerprint density at radius 3 is 2.50 bits per heavy atom. The second-order valence-corrected chi connectivity index (χ2v) is 8.44. The van der Waals surface area contributed by atoms with Crippen molar-refractivity contribution in [2.75, 3.05) is 5.75 Å². The van der Waals surface area contributed by atoms with Crippen molar-refractivity contribution in [1.29, 1.82) is 0 Å². The van der Waals surface area contributed by atoms with E-state index in [9.17, 15) is 4.79 Å². The van der Waals surface area contributed by atoms with Crippen molar-refractivity contribution < 1.29 is 4.79 Å². The number of nitrogens with one attached hydrogen (secondary N) is 1. The van der Waals surface area contributed by atoms with Crippen molar-refractivity contribution in [3.63, 3.8) is 0 Å². The van der Waals surface area contributed by atoms with E-state index in [1.807, 2.05) is 59.2 Å². The van der Waals surface area contributed by atoms with Crippen molar-refractivity contribution in [3.8, 4) is 17.1 Å². The molecule has 4 aromatic rings. The fourth-order valence-electron chi connectivity index (χ4n) is 2.89. The molecule has 32 heavy (non-hydrogen) atoms. The lowest BCUT2D eigenvalue weighted by molar-refractivity contribution is -0.118. The maximum Gasteiger partial charge on any atom is 0.250 e. The fraction of sp³-hybridized carbons (Fsp3) is 0.0435. The van der Waals surface area contributed by atoms with E-state index in [0.29, 0.717) is 21.0 Å². The standard InChI is InChI=1S/C23H17Cl2N5OS/c24-18-11-9-17(10-12-18)22-28-29-23(30(22)20-7-2-1-3-8-20)32-15-21(31)27-26-14-16-5-4-6-19(25)13-16/h1-14H,15H2,(H,27,31). The van der Waals surface area contributed by atoms with Gasteiger partial charge in [0, 0.05) is 21.3 Å². The third kappa shape index (κ3) is 5.56. The maximum absolute atomic E-state index is 12.3. The highest BCUT2D eigenvalue weighted by Crippen LogP contribution is 2.28. The van der Waals surface area contributed by atoms with Crippen LogP contribution in [0.15, 0.2) is 89.1 Å². The van der Waals surface area contributed by atoms with Crippen LogP contribution in [0.25, 0.3) is 17.1 Å². The van der Waals surface area contributed by atoms with Gasteiger partial charge in [0.05, 0.1) is 12.0 Å². The maximum atomic E-state index is 12.3. The number of rotatable bonds is 7. The Morgan fingerprint density at radius 2 is 1.75 bits per heavy atom. The monoisotopic (exact) mass is 481 g/mol. The molecule has 0 saturated carbocycles. The zero-order valence-corrected chi connectivity index (χ0v) is 19.0. The summed E-state index contributed by atoms with van der Waals surface area (Å²) in [5.74, 6) is 0.525. The van der Waals surface area contributed by atoms with Crippen LogP contribution in [0.1, 0.15) is 5.56 Å². The molecular formula is C23H17Cl2N5OS. The molecule has 0 spiro atoms. The first-order valence-corrected chi connectivity index (χ1v) is 11.3. The molecule has 3 aromatic carbocycles. The number of hydrogen-bond donors (Lipinski definition) is 1. The molecule has 1 amide bonds. The number of nitrogens with zero attached hydrogens (tertiary/aromatic N) is 4. The van der Waals surface area contributed by atoms with Crippen molar-refractivity contribution in [1.82, 2.24) is 20.2 Å². The molecule has 0 unspecified atom stereocenters. The number of thioether (sulfide) groups is 1. The Bertz CT molecular complexity index is 1240. The van der Waals surface area contributed by atoms with E-state index >= 15 is 0 Å². The van der Waals surface area contributed by atoms with Crippen LogP contribution in [0.5, 0.6) is 0 Å². The SMILES string of the molecule is O=C(CSc1nnc(-c2ccc(Cl)cc2)n1-c1ccccc1)NN=Cc1cccc(Cl)c1. The number of hydrazone groups is 1. The summed E-state index contributed by atoms with van der Waals surface area (Å²) in [6.45, 7) is 0. The van der Waals surface area contributed by atoms with Gasteiger partial charge in [-0.2, -0.15) is 5.10 Å². The average Bonchev–Trinajstić information content (AvgIpc) is 3.23. The molecule has 0 radical (unpaired) electrons. The van der Waals surface area contributed by atoms with Crippen LogP contribution in [0, 0.1) is 0 Å². The van der Waals surface area contributed by atoms with Gasteiger partial charge < -0.3 is 0 Å². The van der Waals surface area contributed by atoms with Crippen LogP contribution in [0.3, 0.4) is 0 Å². The number of carbonyl (C=O) groups is 1. The normalized spacial score (nSPS) is 11.1. The van der Waals surface area contributed by atoms with E-state index in [1.165, 1.54) is 11.8 Å². The van der Waals surface area contributed by atoms with Crippen LogP contribution in [0.2, 0.25) is 10.0 Å². The first kappa shape index (κ1) is 22.1. The van der Waals surface area contributed by atoms with E-state index in [0.717, 1.165) is 16.8 Å². The van der Waals surface area contributed by atoms with Crippen molar-refractivity contribution >= 4 is 47.1 Å². The Balaban J connectivity index is 1.49. The minimum absolute atomic E-state index is 0.123. The van der Waals surface area contributed by atoms with Gasteiger partial charge in [-0.25, -0.2) is 5.43 Å². The quantitative estimate of drug-likeness (QED) is 0.215. The molecule has 0 aliphatic heterocycles. The summed E-state index contributed by atoms with van der Waals surface area (Å²) in [5, 5.41) is 14.5. The van der Waals surface area contributed by atoms with E-state index in [1.54, 1.807) is 30.5 Å². The first-order valence-electron chi connectivity index (χ1n) is 9.57. The van der Waals surface area contributed by atoms with Gasteiger partial charge in [-0.15, -0.1) is 10.2 Å². The highest BCUT2D eigenvalue weighted by atomic mass is 35.5. The van der Waals surface area contributed by atoms with Gasteiger partial charge in [-0.3, -0.25) is 9.36 Å². The molecule has 160 valence electrons. The summed E-state index contributed by atoms with van der Waals surface area (Å²) >= 11 is 13.2. The number of benzene rings is 3. The van der Waals surface area contributed by atoms with Gasteiger partial charge in [-0.1, -0.05) is 65.3 Å². The van der Waals surface area contributed by atoms with Crippen molar-refractivity contribution in [2.45, 2.75) is 5.16 Å². The molecule has 0 fully saturated rings. The summed E-state index contributed by atoms with van der Waals surface area (Å²) in [4.78, 5) is 12.3. The Kier molecular flexibility index (Phi) is 7.21. The first-order chi connectivity index (χ1) is 15.6. The summed E-state index contributed by atoms with van der Waals surface area (Å²) < 4.78 is 1.91. The van der Waals surface area contributed by atoms with Crippen LogP contribution < -0.4 is 5.43 Å². The van der Waals surface area contributed by atoms with Gasteiger partial charge in [0.1, 0.15) is 0 Å². The summed E-state index contributed by atoms with van der Waals surface area (Å²) in [5.41, 5.74) is 5.07. The molecule has 0 aliphatic rings. The van der Waals surface area contributed by atoms with Gasteiger partial charge >= 0.3 is 0 Å². The average molecular weight is 482 g/mol. The molecule has 9 heteroatoms. The van der Waals surface area contributed by atoms with E-state index in [4.69, 9.17) is 23.2 Å². The molecule has 1 heterocycles. The fourth-order valence-corrected chi connectivity index (χ4v) is 3.96. The Labute approximate surface area is 199 Å². The second kappa shape index (κ2) is 10.5. The molecule has 0 bridgehead atoms. The third-order valence-corrected chi connectivity index (χ3v) is 5.75. The number of hydrogen-bond acceptors (Lipinski definition) is 5. The van der Waals surface area contributed by atoms with Crippen molar-refractivity contribution in [2.24, 2.45) is 5.10 Å². The predicted octanol–water partition coefficient (Wildman–Crippen LogP) is 5.48. The van der Waals surface area contributed by atoms with Gasteiger partial charge in [-0.05, 0) is 54.1 Å². The lowest BCUT2D eigenvalue weighted by Crippen LogP contribution is -2.20. The molecular weight excluding hydrogens is 465 g/mol. The lowest BCUT2D eigenvalue weighted by Gasteiger charge is -2.10. The van der Waals surface area contributed by atoms with Crippen LogP contribution in [-0.2, 0) is 4.79 Å². The van der Waals surface area contributed by atoms with E-state index in [-0.39, 0.29) is 11.7 Å². The number of amides is 1. The molecule has 0 atom stereocenters. The number of para-hydroxylation sites is 1. The topological polar surface area (TPSA) is 72.2 Å². The largest absolute Gasteiger partial charge is 0.272 e. The molecule has 6 nitrogen and oxygen atoms in total. The molecule has 1 aromatic heterocycles. The number of halogens is 2. The molecule has 4 rings (SSSR count). The summed E-state index contributed by atoms with van der Waals surface area (Å²) in [7, 11) is 0. The predicted molar refractivity (Wildman–Crippen MR) is 130 cm³/mol. The summed E-state index contributed by atoms with van der Waals surface area (Å²) in [6.07, 6.45) is 1.54. The molecule has 0 aliphatic carbocycles. The highest BCUT2D eigenvalue weighted by Gasteiger charge is 2.17. The van der Waals surface area contributed by atoms with Crippen LogP contribution >= 0.6 is 35.0 Å². The van der Waals surface area contributed by atoms with Gasteiger partial charge in [0.15, 0.2) is 11.0 Å². The van der Waals surface area contributed by atoms with Crippen LogP contribution in [-0.4, -0.2) is 32.6 Å². The Morgan fingerprint density at radius 1 is 0.969 bits per heavy atom. The van der Waals surface area contributed by atoms with E-state index in [2.05, 4.69) is 20.7 Å². The third-order valence-electron chi connectivity index (χ3n) is 4.33. The highest BCUT2D eigenvalue weighted by molar-refractivity contribution is 7.99. The second-order valence-electron chi connectivity index (χ2n) is 6.62. The van der Waals surface area contributed by atoms with E-state index < -0.39 is 0 Å². The Hall–Kier alpha value is -3.13. The zero-order chi connectivity index (χ0) is 22.3. The zero-order valence-electron chi connectivity index (χ0n) is 16.7. The van der Waals surface area contributed by atoms with Gasteiger partial charge in [0.2, 0.25) is 0 Å². The number of carbonyl (C=O) groups excluding carboxylic acids is 1. The minimum atomic E-state index is -0.260. The van der Waals surface area contributed by atoms with Crippen molar-refractivity contribution in [3.05, 3.63) is 94.5 Å². The number of aromatic nitrogens is 3. The molecule has 0 saturated heterocycles. The minimum Gasteiger partial charge on any atom is -0.272 e. The summed E-state index contributed by atoms with van der Waals surface area (Å²) in [6, 6.07) is 24.3.